The summed E-state index contributed by atoms with van der Waals surface area (Å²) in [4.78, 5) is 15.2. The number of thiophene rings is 1. The van der Waals surface area contributed by atoms with E-state index in [0.29, 0.717) is 50.6 Å². The quantitative estimate of drug-likeness (QED) is 0.540. The predicted molar refractivity (Wildman–Crippen MR) is 108 cm³/mol. The summed E-state index contributed by atoms with van der Waals surface area (Å²) in [6.45, 7) is 0.625. The van der Waals surface area contributed by atoms with Crippen molar-refractivity contribution in [3.05, 3.63) is 62.5 Å². The number of aromatic nitrogens is 1. The highest BCUT2D eigenvalue weighted by Crippen LogP contribution is 2.43. The molecule has 2 heterocycles. The van der Waals surface area contributed by atoms with E-state index in [2.05, 4.69) is 10.7 Å². The van der Waals surface area contributed by atoms with Crippen molar-refractivity contribution in [2.24, 2.45) is 0 Å². The van der Waals surface area contributed by atoms with Crippen molar-refractivity contribution in [2.75, 3.05) is 13.7 Å². The zero-order chi connectivity index (χ0) is 19.1. The Morgan fingerprint density at radius 1 is 1.30 bits per heavy atom. The van der Waals surface area contributed by atoms with Crippen LogP contribution in [0.1, 0.15) is 5.56 Å². The van der Waals surface area contributed by atoms with Crippen LogP contribution in [0.5, 0.6) is 5.75 Å². The largest absolute Gasteiger partial charge is 0.496 e. The Kier molecular flexibility index (Phi) is 4.63. The number of H-pyrrole nitrogens is 1. The Morgan fingerprint density at radius 2 is 2.11 bits per heavy atom. The minimum atomic E-state index is -0.285. The Bertz CT molecular complexity index is 1230. The number of rotatable bonds is 4. The highest BCUT2D eigenvalue weighted by molar-refractivity contribution is 7.17. The third-order valence-electron chi connectivity index (χ3n) is 4.63. The average Bonchev–Trinajstić information content (AvgIpc) is 3.15. The fourth-order valence-corrected chi connectivity index (χ4v) is 4.45. The standard InChI is InChI=1S/C20H16ClFN2O2S/c1-26-15-9-13(21)18-17(12-5-7-27-19(12)20(25)24-18)16(15)11-3-2-10(4-6-23)14(22)8-11/h2-3,5,7-9H,4,6,23H2,1H3,(H,24,25)/p+1. The molecule has 0 saturated carbocycles. The molecule has 7 heteroatoms. The number of halogens is 2. The summed E-state index contributed by atoms with van der Waals surface area (Å²) in [5, 5.41) is 3.76. The minimum Gasteiger partial charge on any atom is -0.496 e. The van der Waals surface area contributed by atoms with Gasteiger partial charge in [-0.2, -0.15) is 0 Å². The number of hydrogen-bond acceptors (Lipinski definition) is 3. The molecular weight excluding hydrogens is 387 g/mol. The van der Waals surface area contributed by atoms with Gasteiger partial charge in [-0.3, -0.25) is 4.79 Å². The molecule has 0 aliphatic rings. The molecule has 4 nitrogen and oxygen atoms in total. The lowest BCUT2D eigenvalue weighted by molar-refractivity contribution is -0.366. The van der Waals surface area contributed by atoms with Gasteiger partial charge in [0.2, 0.25) is 0 Å². The Morgan fingerprint density at radius 3 is 2.81 bits per heavy atom. The second kappa shape index (κ2) is 6.96. The molecule has 0 unspecified atom stereocenters. The first kappa shape index (κ1) is 18.0. The monoisotopic (exact) mass is 403 g/mol. The summed E-state index contributed by atoms with van der Waals surface area (Å²) >= 11 is 7.77. The number of aromatic amines is 1. The van der Waals surface area contributed by atoms with Gasteiger partial charge in [0.15, 0.2) is 0 Å². The summed E-state index contributed by atoms with van der Waals surface area (Å²) < 4.78 is 20.8. The summed E-state index contributed by atoms with van der Waals surface area (Å²) in [6, 6.07) is 8.66. The molecule has 0 atom stereocenters. The van der Waals surface area contributed by atoms with Gasteiger partial charge in [0.1, 0.15) is 16.3 Å². The van der Waals surface area contributed by atoms with Gasteiger partial charge in [-0.15, -0.1) is 11.3 Å². The maximum atomic E-state index is 14.6. The highest BCUT2D eigenvalue weighted by atomic mass is 35.5. The van der Waals surface area contributed by atoms with E-state index in [1.807, 2.05) is 17.5 Å². The van der Waals surface area contributed by atoms with E-state index in [-0.39, 0.29) is 11.4 Å². The summed E-state index contributed by atoms with van der Waals surface area (Å²) in [7, 11) is 1.55. The van der Waals surface area contributed by atoms with Crippen molar-refractivity contribution >= 4 is 43.9 Å². The number of pyridine rings is 1. The van der Waals surface area contributed by atoms with E-state index in [1.54, 1.807) is 19.2 Å². The molecule has 4 aromatic rings. The number of nitrogens with one attached hydrogen (secondary N) is 1. The van der Waals surface area contributed by atoms with Crippen LogP contribution in [0.4, 0.5) is 4.39 Å². The lowest BCUT2D eigenvalue weighted by atomic mass is 9.95. The van der Waals surface area contributed by atoms with Crippen molar-refractivity contribution in [3.8, 4) is 16.9 Å². The number of ether oxygens (including phenoxy) is 1. The second-order valence-electron chi connectivity index (χ2n) is 6.21. The van der Waals surface area contributed by atoms with Crippen LogP contribution < -0.4 is 16.0 Å². The van der Waals surface area contributed by atoms with E-state index < -0.39 is 0 Å². The van der Waals surface area contributed by atoms with Crippen LogP contribution in [0, 0.1) is 5.82 Å². The van der Waals surface area contributed by atoms with Crippen molar-refractivity contribution in [3.63, 3.8) is 0 Å². The zero-order valence-electron chi connectivity index (χ0n) is 14.6. The molecule has 2 aromatic heterocycles. The van der Waals surface area contributed by atoms with Gasteiger partial charge in [0.05, 0.1) is 24.2 Å². The van der Waals surface area contributed by atoms with Crippen molar-refractivity contribution in [1.29, 1.82) is 0 Å². The SMILES string of the molecule is COc1cc(Cl)c2[nH]c(=O)c3sccc3c2c1-c1ccc(CC[NH3+])c(F)c1. The molecule has 0 aliphatic carbocycles. The summed E-state index contributed by atoms with van der Waals surface area (Å²) in [5.41, 5.74) is 6.11. The van der Waals surface area contributed by atoms with Crippen LogP contribution in [0.2, 0.25) is 5.02 Å². The summed E-state index contributed by atoms with van der Waals surface area (Å²) in [5.74, 6) is 0.239. The first-order valence-electron chi connectivity index (χ1n) is 8.43. The molecule has 27 heavy (non-hydrogen) atoms. The van der Waals surface area contributed by atoms with Crippen LogP contribution in [0.15, 0.2) is 40.5 Å². The number of fused-ring (bicyclic) bond motifs is 3. The molecule has 4 rings (SSSR count). The first-order valence-corrected chi connectivity index (χ1v) is 9.68. The van der Waals surface area contributed by atoms with E-state index >= 15 is 0 Å². The van der Waals surface area contributed by atoms with Gasteiger partial charge < -0.3 is 15.5 Å². The Labute approximate surface area is 163 Å². The maximum Gasteiger partial charge on any atom is 0.266 e. The van der Waals surface area contributed by atoms with Crippen LogP contribution >= 0.6 is 22.9 Å². The van der Waals surface area contributed by atoms with E-state index in [4.69, 9.17) is 16.3 Å². The van der Waals surface area contributed by atoms with Gasteiger partial charge in [-0.1, -0.05) is 23.7 Å². The van der Waals surface area contributed by atoms with Crippen molar-refractivity contribution in [1.82, 2.24) is 4.98 Å². The van der Waals surface area contributed by atoms with Crippen molar-refractivity contribution in [2.45, 2.75) is 6.42 Å². The van der Waals surface area contributed by atoms with Gasteiger partial charge in [0.25, 0.3) is 5.56 Å². The Hall–Kier alpha value is -2.41. The van der Waals surface area contributed by atoms with Crippen LogP contribution in [-0.4, -0.2) is 18.6 Å². The highest BCUT2D eigenvalue weighted by Gasteiger charge is 2.19. The molecule has 4 N–H and O–H groups in total. The lowest BCUT2D eigenvalue weighted by Crippen LogP contribution is -2.51. The Balaban J connectivity index is 2.13. The smallest absolute Gasteiger partial charge is 0.266 e. The predicted octanol–water partition coefficient (Wildman–Crippen LogP) is 4.00. The fourth-order valence-electron chi connectivity index (χ4n) is 3.41. The number of methoxy groups -OCH3 is 1. The topological polar surface area (TPSA) is 69.7 Å². The second-order valence-corrected chi connectivity index (χ2v) is 7.54. The molecule has 2 aromatic carbocycles. The lowest BCUT2D eigenvalue weighted by Gasteiger charge is -2.15. The van der Waals surface area contributed by atoms with Crippen LogP contribution in [0.3, 0.4) is 0 Å². The molecular formula is C20H17ClFN2O2S+. The van der Waals surface area contributed by atoms with Gasteiger partial charge in [-0.25, -0.2) is 4.39 Å². The average molecular weight is 404 g/mol. The number of quaternary nitrogens is 1. The molecule has 0 aliphatic heterocycles. The third-order valence-corrected chi connectivity index (χ3v) is 5.84. The van der Waals surface area contributed by atoms with Gasteiger partial charge >= 0.3 is 0 Å². The first-order chi connectivity index (χ1) is 13.0. The van der Waals surface area contributed by atoms with Crippen LogP contribution in [-0.2, 0) is 6.42 Å². The molecule has 0 amide bonds. The molecule has 0 radical (unpaired) electrons. The van der Waals surface area contributed by atoms with Gasteiger partial charge in [-0.05, 0) is 28.6 Å². The van der Waals surface area contributed by atoms with Gasteiger partial charge in [0, 0.05) is 28.8 Å². The summed E-state index contributed by atoms with van der Waals surface area (Å²) in [6.07, 6.45) is 0.576. The molecule has 0 bridgehead atoms. The van der Waals surface area contributed by atoms with E-state index in [9.17, 15) is 9.18 Å². The van der Waals surface area contributed by atoms with E-state index in [0.717, 1.165) is 10.8 Å². The van der Waals surface area contributed by atoms with E-state index in [1.165, 1.54) is 17.4 Å². The fraction of sp³-hybridized carbons (Fsp3) is 0.150. The molecule has 0 spiro atoms. The third kappa shape index (κ3) is 2.90. The maximum absolute atomic E-state index is 14.6. The van der Waals surface area contributed by atoms with Crippen LogP contribution in [0.25, 0.3) is 32.1 Å². The minimum absolute atomic E-state index is 0.192. The number of hydrogen-bond donors (Lipinski definition) is 2. The molecule has 138 valence electrons. The number of benzene rings is 2. The normalized spacial score (nSPS) is 11.4. The molecule has 0 fully saturated rings. The molecule has 0 saturated heterocycles. The van der Waals surface area contributed by atoms with Crippen molar-refractivity contribution < 1.29 is 14.9 Å². The zero-order valence-corrected chi connectivity index (χ0v) is 16.1.